The van der Waals surface area contributed by atoms with Gasteiger partial charge in [0.05, 0.1) is 13.7 Å². The van der Waals surface area contributed by atoms with Crippen molar-refractivity contribution >= 4 is 22.4 Å². The fraction of sp³-hybridized carbons (Fsp3) is 0.143. The van der Waals surface area contributed by atoms with Gasteiger partial charge in [0.15, 0.2) is 5.13 Å². The molecular weight excluding hydrogens is 386 g/mol. The van der Waals surface area contributed by atoms with Crippen LogP contribution in [0.1, 0.15) is 26.4 Å². The van der Waals surface area contributed by atoms with Gasteiger partial charge in [0, 0.05) is 23.1 Å². The molecule has 0 saturated carbocycles. The smallest absolute Gasteiger partial charge is 0.257 e. The van der Waals surface area contributed by atoms with Gasteiger partial charge in [0.25, 0.3) is 5.91 Å². The van der Waals surface area contributed by atoms with Crippen LogP contribution >= 0.6 is 11.3 Å². The number of anilines is 1. The Labute approximate surface area is 172 Å². The van der Waals surface area contributed by atoms with Crippen molar-refractivity contribution in [1.82, 2.24) is 19.7 Å². The quantitative estimate of drug-likeness (QED) is 0.508. The Kier molecular flexibility index (Phi) is 5.62. The van der Waals surface area contributed by atoms with E-state index in [-0.39, 0.29) is 5.91 Å². The Morgan fingerprint density at radius 3 is 2.76 bits per heavy atom. The number of thiazole rings is 1. The maximum Gasteiger partial charge on any atom is 0.257 e. The molecule has 1 N–H and O–H groups in total. The lowest BCUT2D eigenvalue weighted by atomic mass is 10.1. The van der Waals surface area contributed by atoms with E-state index in [0.717, 1.165) is 28.2 Å². The average molecular weight is 405 g/mol. The number of rotatable bonds is 7. The monoisotopic (exact) mass is 405 g/mol. The van der Waals surface area contributed by atoms with E-state index in [2.05, 4.69) is 20.4 Å². The molecule has 2 heterocycles. The van der Waals surface area contributed by atoms with Gasteiger partial charge in [-0.25, -0.2) is 14.6 Å². The molecule has 146 valence electrons. The van der Waals surface area contributed by atoms with Crippen LogP contribution < -0.4 is 10.1 Å². The number of ether oxygens (including phenoxy) is 1. The van der Waals surface area contributed by atoms with Gasteiger partial charge in [0.2, 0.25) is 0 Å². The van der Waals surface area contributed by atoms with E-state index < -0.39 is 0 Å². The topological polar surface area (TPSA) is 81.9 Å². The minimum absolute atomic E-state index is 0.189. The molecule has 29 heavy (non-hydrogen) atoms. The molecule has 0 aliphatic rings. The maximum absolute atomic E-state index is 12.8. The number of aromatic nitrogens is 4. The summed E-state index contributed by atoms with van der Waals surface area (Å²) in [6.45, 7) is 0.476. The second kappa shape index (κ2) is 8.66. The van der Waals surface area contributed by atoms with Crippen LogP contribution in [0.2, 0.25) is 0 Å². The second-order valence-corrected chi connectivity index (χ2v) is 7.48. The highest BCUT2D eigenvalue weighted by molar-refractivity contribution is 7.15. The third-order valence-corrected chi connectivity index (χ3v) is 5.29. The summed E-state index contributed by atoms with van der Waals surface area (Å²) in [5.41, 5.74) is 2.62. The Morgan fingerprint density at radius 2 is 2.00 bits per heavy atom. The fourth-order valence-corrected chi connectivity index (χ4v) is 3.77. The zero-order valence-electron chi connectivity index (χ0n) is 15.8. The molecule has 0 aliphatic carbocycles. The molecular formula is C21H19N5O2S. The predicted octanol–water partition coefficient (Wildman–Crippen LogP) is 3.63. The molecule has 8 heteroatoms. The van der Waals surface area contributed by atoms with E-state index in [1.807, 2.05) is 42.5 Å². The van der Waals surface area contributed by atoms with E-state index in [1.54, 1.807) is 30.4 Å². The van der Waals surface area contributed by atoms with Crippen molar-refractivity contribution in [3.05, 3.63) is 88.9 Å². The van der Waals surface area contributed by atoms with Crippen molar-refractivity contribution in [3.63, 3.8) is 0 Å². The highest BCUT2D eigenvalue weighted by atomic mass is 32.1. The lowest BCUT2D eigenvalue weighted by molar-refractivity contribution is 0.102. The zero-order chi connectivity index (χ0) is 20.1. The zero-order valence-corrected chi connectivity index (χ0v) is 16.6. The number of nitrogens with zero attached hydrogens (tertiary/aromatic N) is 4. The number of carbonyl (C=O) groups excluding carboxylic acids is 1. The minimum atomic E-state index is -0.189. The van der Waals surface area contributed by atoms with Crippen LogP contribution in [0.25, 0.3) is 0 Å². The van der Waals surface area contributed by atoms with Crippen LogP contribution in [0.15, 0.2) is 67.4 Å². The molecule has 2 aromatic heterocycles. The maximum atomic E-state index is 12.8. The summed E-state index contributed by atoms with van der Waals surface area (Å²) in [5.74, 6) is 0.640. The van der Waals surface area contributed by atoms with Gasteiger partial charge in [-0.05, 0) is 29.3 Å². The second-order valence-electron chi connectivity index (χ2n) is 6.36. The van der Waals surface area contributed by atoms with Gasteiger partial charge >= 0.3 is 0 Å². The third kappa shape index (κ3) is 4.67. The van der Waals surface area contributed by atoms with Crippen LogP contribution in [0.5, 0.6) is 5.75 Å². The standard InChI is InChI=1S/C21H19N5O2S/c1-28-17-8-6-15(7-9-17)10-18-11-23-21(29-18)25-20(27)19-5-3-2-4-16(19)12-26-14-22-13-24-26/h2-9,11,13-14H,10,12H2,1H3,(H,23,25,27). The van der Waals surface area contributed by atoms with Crippen molar-refractivity contribution in [2.75, 3.05) is 12.4 Å². The number of amides is 1. The SMILES string of the molecule is COc1ccc(Cc2cnc(NC(=O)c3ccccc3Cn3cncn3)s2)cc1. The number of hydrogen-bond donors (Lipinski definition) is 1. The van der Waals surface area contributed by atoms with Gasteiger partial charge in [-0.3, -0.25) is 10.1 Å². The highest BCUT2D eigenvalue weighted by Crippen LogP contribution is 2.23. The lowest BCUT2D eigenvalue weighted by Gasteiger charge is -2.08. The Bertz CT molecular complexity index is 1090. The van der Waals surface area contributed by atoms with Crippen LogP contribution in [0, 0.1) is 0 Å². The fourth-order valence-electron chi connectivity index (χ4n) is 2.92. The van der Waals surface area contributed by atoms with E-state index in [0.29, 0.717) is 17.2 Å². The normalized spacial score (nSPS) is 10.7. The largest absolute Gasteiger partial charge is 0.497 e. The summed E-state index contributed by atoms with van der Waals surface area (Å²) in [5, 5.41) is 7.59. The van der Waals surface area contributed by atoms with Gasteiger partial charge in [-0.2, -0.15) is 5.10 Å². The Hall–Kier alpha value is -3.52. The van der Waals surface area contributed by atoms with Crippen molar-refractivity contribution in [2.45, 2.75) is 13.0 Å². The number of benzene rings is 2. The van der Waals surface area contributed by atoms with Gasteiger partial charge in [-0.1, -0.05) is 30.3 Å². The first-order valence-electron chi connectivity index (χ1n) is 9.00. The van der Waals surface area contributed by atoms with E-state index in [4.69, 9.17) is 4.74 Å². The average Bonchev–Trinajstić information content (AvgIpc) is 3.41. The van der Waals surface area contributed by atoms with E-state index in [9.17, 15) is 4.79 Å². The molecule has 2 aromatic carbocycles. The first-order chi connectivity index (χ1) is 14.2. The van der Waals surface area contributed by atoms with Gasteiger partial charge < -0.3 is 4.74 Å². The number of nitrogens with one attached hydrogen (secondary N) is 1. The summed E-state index contributed by atoms with van der Waals surface area (Å²) in [4.78, 5) is 22.2. The summed E-state index contributed by atoms with van der Waals surface area (Å²) in [7, 11) is 1.65. The third-order valence-electron chi connectivity index (χ3n) is 4.37. The molecule has 0 atom stereocenters. The molecule has 0 fully saturated rings. The molecule has 0 spiro atoms. The molecule has 0 bridgehead atoms. The van der Waals surface area contributed by atoms with Crippen molar-refractivity contribution in [1.29, 1.82) is 0 Å². The molecule has 4 rings (SSSR count). The van der Waals surface area contributed by atoms with Crippen LogP contribution in [0.3, 0.4) is 0 Å². The van der Waals surface area contributed by atoms with Crippen LogP contribution in [-0.2, 0) is 13.0 Å². The summed E-state index contributed by atoms with van der Waals surface area (Å²) in [6.07, 6.45) is 5.65. The van der Waals surface area contributed by atoms with Gasteiger partial charge in [0.1, 0.15) is 18.4 Å². The minimum Gasteiger partial charge on any atom is -0.497 e. The molecule has 1 amide bonds. The van der Waals surface area contributed by atoms with Crippen molar-refractivity contribution in [2.24, 2.45) is 0 Å². The first kappa shape index (κ1) is 18.8. The number of carbonyl (C=O) groups is 1. The first-order valence-corrected chi connectivity index (χ1v) is 9.82. The molecule has 0 radical (unpaired) electrons. The number of methoxy groups -OCH3 is 1. The molecule has 4 aromatic rings. The molecule has 7 nitrogen and oxygen atoms in total. The van der Waals surface area contributed by atoms with Crippen LogP contribution in [0.4, 0.5) is 5.13 Å². The van der Waals surface area contributed by atoms with Gasteiger partial charge in [-0.15, -0.1) is 11.3 Å². The summed E-state index contributed by atoms with van der Waals surface area (Å²) >= 11 is 1.47. The summed E-state index contributed by atoms with van der Waals surface area (Å²) < 4.78 is 6.87. The molecule has 0 unspecified atom stereocenters. The highest BCUT2D eigenvalue weighted by Gasteiger charge is 2.14. The van der Waals surface area contributed by atoms with E-state index >= 15 is 0 Å². The van der Waals surface area contributed by atoms with E-state index in [1.165, 1.54) is 17.7 Å². The number of hydrogen-bond acceptors (Lipinski definition) is 6. The lowest BCUT2D eigenvalue weighted by Crippen LogP contribution is -2.15. The predicted molar refractivity (Wildman–Crippen MR) is 111 cm³/mol. The van der Waals surface area contributed by atoms with Crippen LogP contribution in [-0.4, -0.2) is 32.8 Å². The molecule has 0 saturated heterocycles. The Morgan fingerprint density at radius 1 is 1.17 bits per heavy atom. The molecule has 0 aliphatic heterocycles. The Balaban J connectivity index is 1.44. The van der Waals surface area contributed by atoms with Crippen molar-refractivity contribution in [3.8, 4) is 5.75 Å². The summed E-state index contributed by atoms with van der Waals surface area (Å²) in [6, 6.07) is 15.4. The van der Waals surface area contributed by atoms with Crippen molar-refractivity contribution < 1.29 is 9.53 Å².